The fourth-order valence-electron chi connectivity index (χ4n) is 2.26. The second-order valence-electron chi connectivity index (χ2n) is 5.85. The van der Waals surface area contributed by atoms with E-state index in [2.05, 4.69) is 21.2 Å². The van der Waals surface area contributed by atoms with Crippen molar-refractivity contribution in [3.63, 3.8) is 0 Å². The number of carbonyl (C=O) groups excluding carboxylic acids is 2. The first-order chi connectivity index (χ1) is 13.4. The second kappa shape index (κ2) is 10.1. The summed E-state index contributed by atoms with van der Waals surface area (Å²) in [5.74, 6) is -1.11. The van der Waals surface area contributed by atoms with Gasteiger partial charge in [0.1, 0.15) is 5.82 Å². The number of nitrogens with one attached hydrogen (secondary N) is 1. The molecule has 0 saturated carbocycles. The van der Waals surface area contributed by atoms with Gasteiger partial charge in [0, 0.05) is 0 Å². The average molecular weight is 454 g/mol. The SMILES string of the molecule is CCCOc1c(Br)cc(C(=O)OC(C)C(=O)Nc2ccccc2F)cc1OC. The molecule has 1 unspecified atom stereocenters. The van der Waals surface area contributed by atoms with Gasteiger partial charge in [-0.15, -0.1) is 0 Å². The predicted octanol–water partition coefficient (Wildman–Crippen LogP) is 4.57. The van der Waals surface area contributed by atoms with E-state index < -0.39 is 23.8 Å². The molecule has 0 aromatic heterocycles. The van der Waals surface area contributed by atoms with Crippen molar-refractivity contribution in [2.45, 2.75) is 26.4 Å². The van der Waals surface area contributed by atoms with E-state index in [9.17, 15) is 14.0 Å². The fourth-order valence-corrected chi connectivity index (χ4v) is 2.82. The zero-order valence-electron chi connectivity index (χ0n) is 15.8. The van der Waals surface area contributed by atoms with Crippen LogP contribution < -0.4 is 14.8 Å². The van der Waals surface area contributed by atoms with Crippen LogP contribution in [0.15, 0.2) is 40.9 Å². The van der Waals surface area contributed by atoms with Crippen molar-refractivity contribution in [3.05, 3.63) is 52.3 Å². The van der Waals surface area contributed by atoms with Crippen molar-refractivity contribution in [2.75, 3.05) is 19.0 Å². The van der Waals surface area contributed by atoms with Crippen LogP contribution in [0.4, 0.5) is 10.1 Å². The van der Waals surface area contributed by atoms with E-state index in [1.807, 2.05) is 6.92 Å². The third-order valence-electron chi connectivity index (χ3n) is 3.70. The van der Waals surface area contributed by atoms with Crippen LogP contribution in [0, 0.1) is 5.82 Å². The smallest absolute Gasteiger partial charge is 0.339 e. The molecular formula is C20H21BrFNO5. The molecule has 1 amide bonds. The van der Waals surface area contributed by atoms with Gasteiger partial charge in [0.2, 0.25) is 0 Å². The van der Waals surface area contributed by atoms with Crippen molar-refractivity contribution in [2.24, 2.45) is 0 Å². The molecule has 0 heterocycles. The Morgan fingerprint density at radius 3 is 2.61 bits per heavy atom. The van der Waals surface area contributed by atoms with Crippen LogP contribution >= 0.6 is 15.9 Å². The van der Waals surface area contributed by atoms with E-state index in [0.29, 0.717) is 22.6 Å². The summed E-state index contributed by atoms with van der Waals surface area (Å²) >= 11 is 3.35. The molecule has 2 aromatic carbocycles. The number of para-hydroxylation sites is 1. The van der Waals surface area contributed by atoms with Gasteiger partial charge < -0.3 is 19.5 Å². The Morgan fingerprint density at radius 1 is 1.25 bits per heavy atom. The first kappa shape index (κ1) is 21.7. The number of benzene rings is 2. The Kier molecular flexibility index (Phi) is 7.80. The number of anilines is 1. The highest BCUT2D eigenvalue weighted by atomic mass is 79.9. The predicted molar refractivity (Wildman–Crippen MR) is 106 cm³/mol. The summed E-state index contributed by atoms with van der Waals surface area (Å²) in [6, 6.07) is 8.73. The molecule has 1 N–H and O–H groups in total. The molecule has 0 aliphatic rings. The lowest BCUT2D eigenvalue weighted by Gasteiger charge is -2.16. The summed E-state index contributed by atoms with van der Waals surface area (Å²) in [5, 5.41) is 2.39. The van der Waals surface area contributed by atoms with E-state index in [1.54, 1.807) is 6.07 Å². The Hall–Kier alpha value is -2.61. The molecule has 6 nitrogen and oxygen atoms in total. The van der Waals surface area contributed by atoms with Crippen molar-refractivity contribution in [1.82, 2.24) is 0 Å². The van der Waals surface area contributed by atoms with Crippen molar-refractivity contribution in [1.29, 1.82) is 0 Å². The zero-order chi connectivity index (χ0) is 20.7. The maximum Gasteiger partial charge on any atom is 0.339 e. The number of hydrogen-bond donors (Lipinski definition) is 1. The minimum atomic E-state index is -1.13. The van der Waals surface area contributed by atoms with E-state index >= 15 is 0 Å². The number of rotatable bonds is 8. The highest BCUT2D eigenvalue weighted by molar-refractivity contribution is 9.10. The highest BCUT2D eigenvalue weighted by Gasteiger charge is 2.22. The Labute approximate surface area is 171 Å². The Morgan fingerprint density at radius 2 is 1.96 bits per heavy atom. The topological polar surface area (TPSA) is 73.9 Å². The number of halogens is 2. The minimum Gasteiger partial charge on any atom is -0.493 e. The maximum absolute atomic E-state index is 13.6. The normalized spacial score (nSPS) is 11.5. The van der Waals surface area contributed by atoms with Crippen LogP contribution in [0.3, 0.4) is 0 Å². The van der Waals surface area contributed by atoms with Crippen LogP contribution in [0.25, 0.3) is 0 Å². The largest absolute Gasteiger partial charge is 0.493 e. The molecule has 150 valence electrons. The number of hydrogen-bond acceptors (Lipinski definition) is 5. The van der Waals surface area contributed by atoms with Crippen LogP contribution in [0.1, 0.15) is 30.6 Å². The molecule has 2 rings (SSSR count). The molecule has 1 atom stereocenters. The third kappa shape index (κ3) is 5.45. The van der Waals surface area contributed by atoms with Crippen LogP contribution in [-0.2, 0) is 9.53 Å². The lowest BCUT2D eigenvalue weighted by molar-refractivity contribution is -0.123. The highest BCUT2D eigenvalue weighted by Crippen LogP contribution is 2.37. The van der Waals surface area contributed by atoms with Gasteiger partial charge >= 0.3 is 5.97 Å². The van der Waals surface area contributed by atoms with Gasteiger partial charge in [-0.1, -0.05) is 19.1 Å². The number of esters is 1. The summed E-state index contributed by atoms with van der Waals surface area (Å²) in [6.45, 7) is 3.87. The second-order valence-corrected chi connectivity index (χ2v) is 6.71. The average Bonchev–Trinajstić information content (AvgIpc) is 2.68. The summed E-state index contributed by atoms with van der Waals surface area (Å²) < 4.78 is 30.3. The van der Waals surface area contributed by atoms with Gasteiger partial charge in [-0.05, 0) is 53.5 Å². The minimum absolute atomic E-state index is 0.0113. The summed E-state index contributed by atoms with van der Waals surface area (Å²) in [7, 11) is 1.46. The maximum atomic E-state index is 13.6. The number of methoxy groups -OCH3 is 1. The summed E-state index contributed by atoms with van der Waals surface area (Å²) in [4.78, 5) is 24.6. The number of ether oxygens (including phenoxy) is 3. The lowest BCUT2D eigenvalue weighted by atomic mass is 10.2. The summed E-state index contributed by atoms with van der Waals surface area (Å²) in [6.07, 6.45) is -0.318. The van der Waals surface area contributed by atoms with Crippen LogP contribution in [0.5, 0.6) is 11.5 Å². The molecule has 8 heteroatoms. The Balaban J connectivity index is 2.10. The molecular weight excluding hydrogens is 433 g/mol. The number of carbonyl (C=O) groups is 2. The van der Waals surface area contributed by atoms with Gasteiger partial charge in [0.25, 0.3) is 5.91 Å². The van der Waals surface area contributed by atoms with Gasteiger partial charge in [-0.25, -0.2) is 9.18 Å². The first-order valence-corrected chi connectivity index (χ1v) is 9.43. The van der Waals surface area contributed by atoms with E-state index in [-0.39, 0.29) is 11.3 Å². The van der Waals surface area contributed by atoms with E-state index in [0.717, 1.165) is 6.42 Å². The van der Waals surface area contributed by atoms with Gasteiger partial charge in [0.15, 0.2) is 17.6 Å². The van der Waals surface area contributed by atoms with E-state index in [1.165, 1.54) is 44.4 Å². The van der Waals surface area contributed by atoms with Crippen molar-refractivity contribution >= 4 is 33.5 Å². The molecule has 0 spiro atoms. The zero-order valence-corrected chi connectivity index (χ0v) is 17.3. The Bertz CT molecular complexity index is 858. The van der Waals surface area contributed by atoms with Crippen molar-refractivity contribution < 1.29 is 28.2 Å². The van der Waals surface area contributed by atoms with Crippen LogP contribution in [0.2, 0.25) is 0 Å². The molecule has 2 aromatic rings. The molecule has 0 aliphatic heterocycles. The first-order valence-electron chi connectivity index (χ1n) is 8.64. The quantitative estimate of drug-likeness (QED) is 0.592. The lowest BCUT2D eigenvalue weighted by Crippen LogP contribution is -2.30. The third-order valence-corrected chi connectivity index (χ3v) is 4.29. The molecule has 28 heavy (non-hydrogen) atoms. The standard InChI is InChI=1S/C20H21BrFNO5/c1-4-9-27-18-14(21)10-13(11-17(18)26-3)20(25)28-12(2)19(24)23-16-8-6-5-7-15(16)22/h5-8,10-12H,4,9H2,1-3H3,(H,23,24). The van der Waals surface area contributed by atoms with Gasteiger partial charge in [-0.2, -0.15) is 0 Å². The molecule has 0 bridgehead atoms. The van der Waals surface area contributed by atoms with E-state index in [4.69, 9.17) is 14.2 Å². The number of amides is 1. The van der Waals surface area contributed by atoms with Gasteiger partial charge in [-0.3, -0.25) is 4.79 Å². The molecule has 0 saturated heterocycles. The molecule has 0 fully saturated rings. The summed E-state index contributed by atoms with van der Waals surface area (Å²) in [5.41, 5.74) is 0.190. The van der Waals surface area contributed by atoms with Gasteiger partial charge in [0.05, 0.1) is 29.4 Å². The molecule has 0 aliphatic carbocycles. The van der Waals surface area contributed by atoms with Crippen molar-refractivity contribution in [3.8, 4) is 11.5 Å². The monoisotopic (exact) mass is 453 g/mol. The molecule has 0 radical (unpaired) electrons. The fraction of sp³-hybridized carbons (Fsp3) is 0.300. The van der Waals surface area contributed by atoms with Crippen LogP contribution in [-0.4, -0.2) is 31.7 Å².